The molecule has 3 N–H and O–H groups in total. The van der Waals surface area contributed by atoms with Gasteiger partial charge in [-0.3, -0.25) is 4.79 Å². The number of aromatic amines is 1. The molecule has 0 radical (unpaired) electrons. The maximum atomic E-state index is 11.7. The van der Waals surface area contributed by atoms with Gasteiger partial charge in [0, 0.05) is 5.56 Å². The molecule has 4 nitrogen and oxygen atoms in total. The summed E-state index contributed by atoms with van der Waals surface area (Å²) in [5.41, 5.74) is 9.39. The summed E-state index contributed by atoms with van der Waals surface area (Å²) in [7, 11) is 0. The molecule has 0 amide bonds. The zero-order chi connectivity index (χ0) is 13.1. The van der Waals surface area contributed by atoms with Crippen molar-refractivity contribution in [3.8, 4) is 0 Å². The Labute approximate surface area is 106 Å². The first-order chi connectivity index (χ1) is 8.61. The van der Waals surface area contributed by atoms with Gasteiger partial charge in [-0.1, -0.05) is 31.2 Å². The zero-order valence-corrected chi connectivity index (χ0v) is 10.6. The first-order valence-corrected chi connectivity index (χ1v) is 6.02. The molecular formula is C14H17N3O. The normalized spacial score (nSPS) is 12.4. The average molecular weight is 243 g/mol. The van der Waals surface area contributed by atoms with E-state index in [0.29, 0.717) is 5.56 Å². The summed E-state index contributed by atoms with van der Waals surface area (Å²) < 4.78 is 0. The van der Waals surface area contributed by atoms with Crippen molar-refractivity contribution in [2.45, 2.75) is 26.3 Å². The Morgan fingerprint density at radius 1 is 1.33 bits per heavy atom. The maximum Gasteiger partial charge on any atom is 0.269 e. The molecular weight excluding hydrogens is 226 g/mol. The van der Waals surface area contributed by atoms with Crippen LogP contribution in [-0.4, -0.2) is 10.2 Å². The number of hydrogen-bond donors (Lipinski definition) is 2. The molecule has 0 aliphatic rings. The Morgan fingerprint density at radius 2 is 2.00 bits per heavy atom. The summed E-state index contributed by atoms with van der Waals surface area (Å²) in [6, 6.07) is 9.34. The maximum absolute atomic E-state index is 11.7. The molecule has 2 aromatic rings. The van der Waals surface area contributed by atoms with E-state index >= 15 is 0 Å². The lowest BCUT2D eigenvalue weighted by molar-refractivity contribution is 0.814. The van der Waals surface area contributed by atoms with Gasteiger partial charge in [0.1, 0.15) is 0 Å². The molecule has 18 heavy (non-hydrogen) atoms. The van der Waals surface area contributed by atoms with Gasteiger partial charge in [-0.05, 0) is 30.5 Å². The van der Waals surface area contributed by atoms with Crippen molar-refractivity contribution in [1.82, 2.24) is 10.2 Å². The summed E-state index contributed by atoms with van der Waals surface area (Å²) in [6.45, 7) is 3.93. The van der Waals surface area contributed by atoms with Gasteiger partial charge in [0.25, 0.3) is 5.56 Å². The number of nitrogens with zero attached hydrogens (tertiary/aromatic N) is 1. The molecule has 0 aliphatic heterocycles. The number of H-pyrrole nitrogens is 1. The molecule has 2 rings (SSSR count). The molecule has 0 bridgehead atoms. The van der Waals surface area contributed by atoms with Crippen molar-refractivity contribution in [3.05, 3.63) is 63.1 Å². The molecule has 1 heterocycles. The largest absolute Gasteiger partial charge is 0.320 e. The van der Waals surface area contributed by atoms with Gasteiger partial charge in [-0.25, -0.2) is 5.10 Å². The van der Waals surface area contributed by atoms with Gasteiger partial charge in [-0.15, -0.1) is 0 Å². The van der Waals surface area contributed by atoms with Gasteiger partial charge >= 0.3 is 0 Å². The third kappa shape index (κ3) is 2.49. The number of aromatic nitrogens is 2. The smallest absolute Gasteiger partial charge is 0.269 e. The topological polar surface area (TPSA) is 71.8 Å². The van der Waals surface area contributed by atoms with Crippen LogP contribution in [0.25, 0.3) is 0 Å². The van der Waals surface area contributed by atoms with Gasteiger partial charge in [0.15, 0.2) is 0 Å². The van der Waals surface area contributed by atoms with Crippen molar-refractivity contribution < 1.29 is 0 Å². The molecule has 1 unspecified atom stereocenters. The summed E-state index contributed by atoms with van der Waals surface area (Å²) in [6.07, 6.45) is 0.991. The SMILES string of the molecule is CCc1ccc(C(N)c2cc(C)n[nH]c2=O)cc1. The van der Waals surface area contributed by atoms with Crippen LogP contribution in [0.15, 0.2) is 35.1 Å². The van der Waals surface area contributed by atoms with E-state index in [1.807, 2.05) is 31.2 Å². The quantitative estimate of drug-likeness (QED) is 0.861. The molecule has 1 atom stereocenters. The first kappa shape index (κ1) is 12.5. The Kier molecular flexibility index (Phi) is 3.58. The van der Waals surface area contributed by atoms with Crippen LogP contribution in [0.1, 0.15) is 35.3 Å². The van der Waals surface area contributed by atoms with E-state index in [0.717, 1.165) is 17.7 Å². The third-order valence-electron chi connectivity index (χ3n) is 3.04. The van der Waals surface area contributed by atoms with Crippen molar-refractivity contribution in [3.63, 3.8) is 0 Å². The average Bonchev–Trinajstić information content (AvgIpc) is 2.41. The number of benzene rings is 1. The minimum absolute atomic E-state index is 0.229. The summed E-state index contributed by atoms with van der Waals surface area (Å²) >= 11 is 0. The minimum Gasteiger partial charge on any atom is -0.320 e. The van der Waals surface area contributed by atoms with Crippen LogP contribution in [0.5, 0.6) is 0 Å². The van der Waals surface area contributed by atoms with E-state index in [2.05, 4.69) is 17.1 Å². The number of nitrogens with two attached hydrogens (primary N) is 1. The lowest BCUT2D eigenvalue weighted by Gasteiger charge is -2.12. The second kappa shape index (κ2) is 5.14. The van der Waals surface area contributed by atoms with Gasteiger partial charge in [-0.2, -0.15) is 5.10 Å². The fourth-order valence-electron chi connectivity index (χ4n) is 1.90. The summed E-state index contributed by atoms with van der Waals surface area (Å²) in [4.78, 5) is 11.7. The fourth-order valence-corrected chi connectivity index (χ4v) is 1.90. The van der Waals surface area contributed by atoms with Gasteiger partial charge in [0.05, 0.1) is 11.7 Å². The Balaban J connectivity index is 2.37. The number of hydrogen-bond acceptors (Lipinski definition) is 3. The van der Waals surface area contributed by atoms with Crippen molar-refractivity contribution in [2.75, 3.05) is 0 Å². The highest BCUT2D eigenvalue weighted by Gasteiger charge is 2.13. The highest BCUT2D eigenvalue weighted by molar-refractivity contribution is 5.32. The predicted octanol–water partition coefficient (Wildman–Crippen LogP) is 1.69. The van der Waals surface area contributed by atoms with Crippen LogP contribution in [0, 0.1) is 6.92 Å². The van der Waals surface area contributed by atoms with Crippen LogP contribution in [0.4, 0.5) is 0 Å². The lowest BCUT2D eigenvalue weighted by atomic mass is 9.99. The Hall–Kier alpha value is -1.94. The number of rotatable bonds is 3. The van der Waals surface area contributed by atoms with Gasteiger partial charge < -0.3 is 5.73 Å². The van der Waals surface area contributed by atoms with Crippen LogP contribution in [0.3, 0.4) is 0 Å². The number of nitrogens with one attached hydrogen (secondary N) is 1. The second-order valence-electron chi connectivity index (χ2n) is 4.37. The minimum atomic E-state index is -0.415. The summed E-state index contributed by atoms with van der Waals surface area (Å²) in [5.74, 6) is 0. The van der Waals surface area contributed by atoms with Crippen molar-refractivity contribution >= 4 is 0 Å². The van der Waals surface area contributed by atoms with E-state index in [4.69, 9.17) is 5.73 Å². The van der Waals surface area contributed by atoms with E-state index < -0.39 is 6.04 Å². The van der Waals surface area contributed by atoms with Crippen LogP contribution in [0.2, 0.25) is 0 Å². The van der Waals surface area contributed by atoms with E-state index in [1.165, 1.54) is 5.56 Å². The second-order valence-corrected chi connectivity index (χ2v) is 4.37. The molecule has 1 aromatic carbocycles. The van der Waals surface area contributed by atoms with Crippen LogP contribution >= 0.6 is 0 Å². The zero-order valence-electron chi connectivity index (χ0n) is 10.6. The van der Waals surface area contributed by atoms with E-state index in [9.17, 15) is 4.79 Å². The Bertz CT molecular complexity index is 587. The predicted molar refractivity (Wildman–Crippen MR) is 71.4 cm³/mol. The molecule has 94 valence electrons. The van der Waals surface area contributed by atoms with Crippen LogP contribution in [-0.2, 0) is 6.42 Å². The highest BCUT2D eigenvalue weighted by Crippen LogP contribution is 2.17. The standard InChI is InChI=1S/C14H17N3O/c1-3-10-4-6-11(7-5-10)13(15)12-8-9(2)16-17-14(12)18/h4-8,13H,3,15H2,1-2H3,(H,17,18). The van der Waals surface area contributed by atoms with Gasteiger partial charge in [0.2, 0.25) is 0 Å². The first-order valence-electron chi connectivity index (χ1n) is 6.02. The summed E-state index contributed by atoms with van der Waals surface area (Å²) in [5, 5.41) is 6.31. The monoisotopic (exact) mass is 243 g/mol. The molecule has 0 saturated heterocycles. The molecule has 1 aromatic heterocycles. The van der Waals surface area contributed by atoms with Crippen molar-refractivity contribution in [2.24, 2.45) is 5.73 Å². The van der Waals surface area contributed by atoms with E-state index in [-0.39, 0.29) is 5.56 Å². The molecule has 4 heteroatoms. The third-order valence-corrected chi connectivity index (χ3v) is 3.04. The van der Waals surface area contributed by atoms with E-state index in [1.54, 1.807) is 6.07 Å². The van der Waals surface area contributed by atoms with Crippen molar-refractivity contribution in [1.29, 1.82) is 0 Å². The fraction of sp³-hybridized carbons (Fsp3) is 0.286. The molecule has 0 aliphatic carbocycles. The highest BCUT2D eigenvalue weighted by atomic mass is 16.1. The molecule has 0 spiro atoms. The molecule has 0 saturated carbocycles. The van der Waals surface area contributed by atoms with Crippen LogP contribution < -0.4 is 11.3 Å². The molecule has 0 fully saturated rings. The lowest BCUT2D eigenvalue weighted by Crippen LogP contribution is -2.23. The number of aryl methyl sites for hydroxylation is 2. The Morgan fingerprint density at radius 3 is 2.61 bits per heavy atom.